The first-order chi connectivity index (χ1) is 9.13. The fourth-order valence-corrected chi connectivity index (χ4v) is 2.03. The van der Waals surface area contributed by atoms with Gasteiger partial charge in [0.1, 0.15) is 17.2 Å². The second kappa shape index (κ2) is 6.15. The summed E-state index contributed by atoms with van der Waals surface area (Å²) in [5, 5.41) is 1.04. The van der Waals surface area contributed by atoms with E-state index in [2.05, 4.69) is 0 Å². The second-order valence-corrected chi connectivity index (χ2v) is 4.67. The Kier molecular flexibility index (Phi) is 4.53. The number of ether oxygens (including phenoxy) is 2. The summed E-state index contributed by atoms with van der Waals surface area (Å²) in [7, 11) is 1.58. The predicted molar refractivity (Wildman–Crippen MR) is 77.4 cm³/mol. The monoisotopic (exact) mass is 297 g/mol. The van der Waals surface area contributed by atoms with Crippen molar-refractivity contribution in [1.82, 2.24) is 0 Å². The summed E-state index contributed by atoms with van der Waals surface area (Å²) < 4.78 is 10.8. The van der Waals surface area contributed by atoms with Crippen LogP contribution in [0.2, 0.25) is 10.0 Å². The van der Waals surface area contributed by atoms with Crippen molar-refractivity contribution in [3.05, 3.63) is 52.0 Å². The lowest BCUT2D eigenvalue weighted by Gasteiger charge is -2.10. The number of methoxy groups -OCH3 is 1. The van der Waals surface area contributed by atoms with Gasteiger partial charge in [-0.25, -0.2) is 0 Å². The molecule has 2 N–H and O–H groups in total. The summed E-state index contributed by atoms with van der Waals surface area (Å²) >= 11 is 12.2. The molecule has 0 aliphatic rings. The van der Waals surface area contributed by atoms with Crippen molar-refractivity contribution < 1.29 is 9.47 Å². The highest BCUT2D eigenvalue weighted by Crippen LogP contribution is 2.33. The minimum atomic E-state index is 0.391. The van der Waals surface area contributed by atoms with Crippen LogP contribution in [0.4, 0.5) is 0 Å². The van der Waals surface area contributed by atoms with Gasteiger partial charge in [0.15, 0.2) is 0 Å². The van der Waals surface area contributed by atoms with Crippen LogP contribution in [-0.2, 0) is 6.54 Å². The maximum Gasteiger partial charge on any atom is 0.146 e. The normalized spacial score (nSPS) is 10.3. The van der Waals surface area contributed by atoms with Crippen molar-refractivity contribution in [2.24, 2.45) is 5.73 Å². The summed E-state index contributed by atoms with van der Waals surface area (Å²) in [6.45, 7) is 0.391. The Balaban J connectivity index is 2.23. The highest BCUT2D eigenvalue weighted by Gasteiger charge is 2.06. The van der Waals surface area contributed by atoms with E-state index >= 15 is 0 Å². The molecule has 0 saturated heterocycles. The zero-order valence-corrected chi connectivity index (χ0v) is 11.8. The number of hydrogen-bond acceptors (Lipinski definition) is 3. The molecule has 3 nitrogen and oxygen atoms in total. The lowest BCUT2D eigenvalue weighted by Crippen LogP contribution is -1.97. The van der Waals surface area contributed by atoms with Crippen LogP contribution >= 0.6 is 23.2 Å². The van der Waals surface area contributed by atoms with E-state index in [9.17, 15) is 0 Å². The molecule has 0 saturated carbocycles. The van der Waals surface area contributed by atoms with E-state index in [1.165, 1.54) is 0 Å². The molecule has 0 atom stereocenters. The van der Waals surface area contributed by atoms with Crippen molar-refractivity contribution in [3.63, 3.8) is 0 Å². The Morgan fingerprint density at radius 2 is 1.68 bits per heavy atom. The van der Waals surface area contributed by atoms with Crippen LogP contribution < -0.4 is 15.2 Å². The van der Waals surface area contributed by atoms with Crippen LogP contribution in [0, 0.1) is 0 Å². The average Bonchev–Trinajstić information content (AvgIpc) is 2.41. The molecule has 0 radical (unpaired) electrons. The highest BCUT2D eigenvalue weighted by molar-refractivity contribution is 6.32. The molecule has 0 spiro atoms. The Labute approximate surface area is 121 Å². The molecule has 2 aromatic carbocycles. The Morgan fingerprint density at radius 1 is 1.00 bits per heavy atom. The first kappa shape index (κ1) is 14.0. The van der Waals surface area contributed by atoms with Gasteiger partial charge >= 0.3 is 0 Å². The van der Waals surface area contributed by atoms with E-state index in [1.807, 2.05) is 6.07 Å². The third-order valence-corrected chi connectivity index (χ3v) is 3.26. The summed E-state index contributed by atoms with van der Waals surface area (Å²) in [5.74, 6) is 1.82. The smallest absolute Gasteiger partial charge is 0.146 e. The van der Waals surface area contributed by atoms with Crippen LogP contribution in [0.1, 0.15) is 5.56 Å². The fraction of sp³-hybridized carbons (Fsp3) is 0.143. The second-order valence-electron chi connectivity index (χ2n) is 3.86. The third kappa shape index (κ3) is 3.32. The van der Waals surface area contributed by atoms with Gasteiger partial charge in [-0.1, -0.05) is 29.3 Å². The lowest BCUT2D eigenvalue weighted by atomic mass is 10.2. The van der Waals surface area contributed by atoms with Gasteiger partial charge in [-0.05, 0) is 29.8 Å². The first-order valence-corrected chi connectivity index (χ1v) is 6.39. The topological polar surface area (TPSA) is 44.5 Å². The van der Waals surface area contributed by atoms with Crippen LogP contribution in [0.3, 0.4) is 0 Å². The van der Waals surface area contributed by atoms with Crippen molar-refractivity contribution in [3.8, 4) is 17.2 Å². The largest absolute Gasteiger partial charge is 0.497 e. The van der Waals surface area contributed by atoms with Crippen molar-refractivity contribution >= 4 is 23.2 Å². The van der Waals surface area contributed by atoms with Gasteiger partial charge in [0.05, 0.1) is 12.1 Å². The Morgan fingerprint density at radius 3 is 2.26 bits per heavy atom. The number of hydrogen-bond donors (Lipinski definition) is 1. The molecular formula is C14H13Cl2NO2. The van der Waals surface area contributed by atoms with E-state index in [4.69, 9.17) is 38.4 Å². The quantitative estimate of drug-likeness (QED) is 0.917. The summed E-state index contributed by atoms with van der Waals surface area (Å²) in [4.78, 5) is 0. The molecule has 2 aromatic rings. The minimum Gasteiger partial charge on any atom is -0.497 e. The number of benzene rings is 2. The van der Waals surface area contributed by atoms with Gasteiger partial charge in [-0.15, -0.1) is 0 Å². The Hall–Kier alpha value is -1.42. The molecule has 0 bridgehead atoms. The third-order valence-electron chi connectivity index (χ3n) is 2.61. The van der Waals surface area contributed by atoms with Gasteiger partial charge in [-0.3, -0.25) is 0 Å². The average molecular weight is 298 g/mol. The molecule has 2 rings (SSSR count). The Bertz CT molecular complexity index is 588. The van der Waals surface area contributed by atoms with Crippen LogP contribution in [0.5, 0.6) is 17.2 Å². The van der Waals surface area contributed by atoms with Crippen LogP contribution in [0.25, 0.3) is 0 Å². The SMILES string of the molecule is COc1ccc(Oc2ccc(CN)c(Cl)c2)c(Cl)c1. The predicted octanol–water partition coefficient (Wildman–Crippen LogP) is 4.25. The molecule has 0 unspecified atom stereocenters. The zero-order chi connectivity index (χ0) is 13.8. The maximum absolute atomic E-state index is 6.10. The number of halogens is 2. The summed E-state index contributed by atoms with van der Waals surface area (Å²) in [5.41, 5.74) is 6.42. The van der Waals surface area contributed by atoms with Crippen LogP contribution in [0.15, 0.2) is 36.4 Å². The van der Waals surface area contributed by atoms with Gasteiger partial charge < -0.3 is 15.2 Å². The van der Waals surface area contributed by atoms with Gasteiger partial charge in [-0.2, -0.15) is 0 Å². The molecule has 0 aliphatic heterocycles. The number of nitrogens with two attached hydrogens (primary N) is 1. The molecule has 19 heavy (non-hydrogen) atoms. The van der Waals surface area contributed by atoms with E-state index < -0.39 is 0 Å². The molecule has 0 aliphatic carbocycles. The summed E-state index contributed by atoms with van der Waals surface area (Å²) in [6, 6.07) is 10.5. The molecule has 0 fully saturated rings. The minimum absolute atomic E-state index is 0.391. The van der Waals surface area contributed by atoms with Gasteiger partial charge in [0.2, 0.25) is 0 Å². The highest BCUT2D eigenvalue weighted by atomic mass is 35.5. The fourth-order valence-electron chi connectivity index (χ4n) is 1.58. The van der Waals surface area contributed by atoms with Crippen molar-refractivity contribution in [1.29, 1.82) is 0 Å². The van der Waals surface area contributed by atoms with E-state index in [-0.39, 0.29) is 0 Å². The standard InChI is InChI=1S/C14H13Cl2NO2/c1-18-10-4-5-14(13(16)6-10)19-11-3-2-9(8-17)12(15)7-11/h2-7H,8,17H2,1H3. The molecule has 0 amide bonds. The first-order valence-electron chi connectivity index (χ1n) is 5.64. The van der Waals surface area contributed by atoms with E-state index in [0.717, 1.165) is 5.56 Å². The van der Waals surface area contributed by atoms with Crippen LogP contribution in [-0.4, -0.2) is 7.11 Å². The maximum atomic E-state index is 6.10. The molecule has 0 heterocycles. The van der Waals surface area contributed by atoms with Gasteiger partial charge in [0, 0.05) is 17.6 Å². The zero-order valence-electron chi connectivity index (χ0n) is 10.3. The van der Waals surface area contributed by atoms with Crippen molar-refractivity contribution in [2.45, 2.75) is 6.54 Å². The lowest BCUT2D eigenvalue weighted by molar-refractivity contribution is 0.413. The number of rotatable bonds is 4. The molecule has 0 aromatic heterocycles. The summed E-state index contributed by atoms with van der Waals surface area (Å²) in [6.07, 6.45) is 0. The molecule has 5 heteroatoms. The van der Waals surface area contributed by atoms with E-state index in [0.29, 0.717) is 33.8 Å². The van der Waals surface area contributed by atoms with Crippen molar-refractivity contribution in [2.75, 3.05) is 7.11 Å². The van der Waals surface area contributed by atoms with E-state index in [1.54, 1.807) is 37.4 Å². The van der Waals surface area contributed by atoms with Gasteiger partial charge in [0.25, 0.3) is 0 Å². The molecular weight excluding hydrogens is 285 g/mol. The molecule has 100 valence electrons.